The Balaban J connectivity index is 1.43. The van der Waals surface area contributed by atoms with Gasteiger partial charge in [0.2, 0.25) is 5.76 Å². The van der Waals surface area contributed by atoms with E-state index >= 15 is 0 Å². The van der Waals surface area contributed by atoms with Gasteiger partial charge in [0, 0.05) is 22.0 Å². The number of ether oxygens (including phenoxy) is 1. The van der Waals surface area contributed by atoms with Gasteiger partial charge in [-0.05, 0) is 55.3 Å². The number of hydrogen-bond acceptors (Lipinski definition) is 5. The van der Waals surface area contributed by atoms with E-state index < -0.39 is 5.97 Å². The third kappa shape index (κ3) is 4.54. The molecule has 2 N–H and O–H groups in total. The molecule has 0 spiro atoms. The molecule has 7 nitrogen and oxygen atoms in total. The van der Waals surface area contributed by atoms with Crippen LogP contribution >= 0.6 is 0 Å². The van der Waals surface area contributed by atoms with Gasteiger partial charge >= 0.3 is 5.97 Å². The number of aromatic amines is 1. The van der Waals surface area contributed by atoms with Gasteiger partial charge in [-0.1, -0.05) is 54.1 Å². The Hall–Kier alpha value is -4.91. The number of carbonyl (C=O) groups excluding carboxylic acids is 2. The van der Waals surface area contributed by atoms with Gasteiger partial charge < -0.3 is 14.1 Å². The first kappa shape index (κ1) is 22.9. The first-order valence-corrected chi connectivity index (χ1v) is 11.4. The molecule has 7 heteroatoms. The number of amides is 1. The number of nitrogens with one attached hydrogen (secondary N) is 2. The Labute approximate surface area is 207 Å². The molecule has 0 fully saturated rings. The summed E-state index contributed by atoms with van der Waals surface area (Å²) in [4.78, 5) is 28.8. The van der Waals surface area contributed by atoms with E-state index in [0.717, 1.165) is 33.2 Å². The molecule has 0 aliphatic rings. The van der Waals surface area contributed by atoms with Crippen molar-refractivity contribution in [3.8, 4) is 16.9 Å². The molecule has 5 aromatic rings. The summed E-state index contributed by atoms with van der Waals surface area (Å²) in [6, 6.07) is 23.9. The minimum absolute atomic E-state index is 0.0906. The highest BCUT2D eigenvalue weighted by molar-refractivity contribution is 6.10. The zero-order chi connectivity index (χ0) is 25.1. The first-order valence-electron chi connectivity index (χ1n) is 11.4. The standard InChI is InChI=1S/C29H23N3O4/c1-18-15-19(2)26-22(16-18)25(20-9-4-3-5-10-20)27(31-26)28(33)32-30-17-21-11-6-7-12-23(21)36-29(34)24-13-8-14-35-24/h3-17,31H,1-2H3,(H,32,33). The van der Waals surface area contributed by atoms with E-state index in [1.54, 1.807) is 30.3 Å². The van der Waals surface area contributed by atoms with Crippen LogP contribution in [0, 0.1) is 13.8 Å². The lowest BCUT2D eigenvalue weighted by atomic mass is 9.99. The lowest BCUT2D eigenvalue weighted by molar-refractivity contribution is 0.0701. The molecule has 3 aromatic carbocycles. The molecule has 2 heterocycles. The summed E-state index contributed by atoms with van der Waals surface area (Å²) in [5, 5.41) is 5.11. The van der Waals surface area contributed by atoms with E-state index in [2.05, 4.69) is 27.6 Å². The van der Waals surface area contributed by atoms with Gasteiger partial charge in [0.25, 0.3) is 5.91 Å². The smallest absolute Gasteiger partial charge is 0.379 e. The lowest BCUT2D eigenvalue weighted by Gasteiger charge is -2.06. The predicted molar refractivity (Wildman–Crippen MR) is 138 cm³/mol. The summed E-state index contributed by atoms with van der Waals surface area (Å²) in [6.07, 6.45) is 2.83. The third-order valence-electron chi connectivity index (χ3n) is 5.75. The molecule has 1 amide bonds. The van der Waals surface area contributed by atoms with Crippen LogP contribution in [0.15, 0.2) is 94.6 Å². The molecule has 0 aliphatic heterocycles. The second-order valence-corrected chi connectivity index (χ2v) is 8.35. The summed E-state index contributed by atoms with van der Waals surface area (Å²) in [5.41, 5.74) is 8.35. The summed E-state index contributed by atoms with van der Waals surface area (Å²) < 4.78 is 10.5. The summed E-state index contributed by atoms with van der Waals surface area (Å²) in [7, 11) is 0. The maximum absolute atomic E-state index is 13.3. The van der Waals surface area contributed by atoms with E-state index in [0.29, 0.717) is 17.0 Å². The van der Waals surface area contributed by atoms with E-state index in [4.69, 9.17) is 9.15 Å². The quantitative estimate of drug-likeness (QED) is 0.135. The van der Waals surface area contributed by atoms with Gasteiger partial charge in [0.1, 0.15) is 11.4 Å². The van der Waals surface area contributed by atoms with E-state index in [9.17, 15) is 9.59 Å². The van der Waals surface area contributed by atoms with Crippen LogP contribution in [-0.2, 0) is 0 Å². The molecule has 0 radical (unpaired) electrons. The van der Waals surface area contributed by atoms with Crippen LogP contribution in [0.2, 0.25) is 0 Å². The Morgan fingerprint density at radius 3 is 2.53 bits per heavy atom. The highest BCUT2D eigenvalue weighted by atomic mass is 16.5. The van der Waals surface area contributed by atoms with E-state index in [1.165, 1.54) is 18.5 Å². The number of esters is 1. The number of fused-ring (bicyclic) bond motifs is 1. The minimum atomic E-state index is -0.624. The molecule has 2 aromatic heterocycles. The molecular formula is C29H23N3O4. The average molecular weight is 478 g/mol. The number of nitrogens with zero attached hydrogens (tertiary/aromatic N) is 1. The number of hydrogen-bond donors (Lipinski definition) is 2. The van der Waals surface area contributed by atoms with Gasteiger partial charge in [-0.15, -0.1) is 0 Å². The van der Waals surface area contributed by atoms with Crippen LogP contribution in [0.5, 0.6) is 5.75 Å². The van der Waals surface area contributed by atoms with E-state index in [1.807, 2.05) is 44.2 Å². The topological polar surface area (TPSA) is 96.7 Å². The molecule has 178 valence electrons. The first-order chi connectivity index (χ1) is 17.5. The molecule has 0 saturated carbocycles. The molecule has 0 atom stereocenters. The second kappa shape index (κ2) is 9.76. The van der Waals surface area contributed by atoms with Crippen molar-refractivity contribution < 1.29 is 18.7 Å². The van der Waals surface area contributed by atoms with Gasteiger partial charge in [-0.2, -0.15) is 5.10 Å². The van der Waals surface area contributed by atoms with Gasteiger partial charge in [-0.3, -0.25) is 4.79 Å². The number of carbonyl (C=O) groups is 2. The summed E-state index contributed by atoms with van der Waals surface area (Å²) in [5.74, 6) is -0.629. The molecule has 0 bridgehead atoms. The van der Waals surface area contributed by atoms with Crippen LogP contribution in [0.4, 0.5) is 0 Å². The number of hydrazone groups is 1. The normalized spacial score (nSPS) is 11.2. The molecule has 5 rings (SSSR count). The fraction of sp³-hybridized carbons (Fsp3) is 0.0690. The van der Waals surface area contributed by atoms with Crippen LogP contribution in [0.1, 0.15) is 37.7 Å². The van der Waals surface area contributed by atoms with E-state index in [-0.39, 0.29) is 11.7 Å². The Morgan fingerprint density at radius 1 is 0.972 bits per heavy atom. The zero-order valence-electron chi connectivity index (χ0n) is 19.7. The van der Waals surface area contributed by atoms with Crippen molar-refractivity contribution in [1.82, 2.24) is 10.4 Å². The number of aryl methyl sites for hydroxylation is 2. The second-order valence-electron chi connectivity index (χ2n) is 8.35. The molecule has 0 saturated heterocycles. The SMILES string of the molecule is Cc1cc(C)c2[nH]c(C(=O)NN=Cc3ccccc3OC(=O)c3ccco3)c(-c3ccccc3)c2c1. The average Bonchev–Trinajstić information content (AvgIpc) is 3.54. The Kier molecular flexibility index (Phi) is 6.19. The number of para-hydroxylation sites is 1. The monoisotopic (exact) mass is 477 g/mol. The fourth-order valence-electron chi connectivity index (χ4n) is 4.17. The van der Waals surface area contributed by atoms with Crippen LogP contribution in [0.3, 0.4) is 0 Å². The van der Waals surface area contributed by atoms with Crippen molar-refractivity contribution in [2.24, 2.45) is 5.10 Å². The van der Waals surface area contributed by atoms with Crippen molar-refractivity contribution in [3.05, 3.63) is 113 Å². The number of benzene rings is 3. The highest BCUT2D eigenvalue weighted by Crippen LogP contribution is 2.34. The summed E-state index contributed by atoms with van der Waals surface area (Å²) in [6.45, 7) is 4.05. The predicted octanol–water partition coefficient (Wildman–Crippen LogP) is 6.03. The van der Waals surface area contributed by atoms with Crippen molar-refractivity contribution in [2.75, 3.05) is 0 Å². The molecule has 36 heavy (non-hydrogen) atoms. The molecular weight excluding hydrogens is 454 g/mol. The van der Waals surface area contributed by atoms with Gasteiger partial charge in [0.05, 0.1) is 12.5 Å². The highest BCUT2D eigenvalue weighted by Gasteiger charge is 2.20. The van der Waals surface area contributed by atoms with Crippen molar-refractivity contribution in [1.29, 1.82) is 0 Å². The van der Waals surface area contributed by atoms with Gasteiger partial charge in [0.15, 0.2) is 0 Å². The number of H-pyrrole nitrogens is 1. The van der Waals surface area contributed by atoms with Crippen molar-refractivity contribution in [2.45, 2.75) is 13.8 Å². The third-order valence-corrected chi connectivity index (χ3v) is 5.75. The van der Waals surface area contributed by atoms with Crippen molar-refractivity contribution in [3.63, 3.8) is 0 Å². The number of aromatic nitrogens is 1. The van der Waals surface area contributed by atoms with Crippen LogP contribution < -0.4 is 10.2 Å². The molecule has 0 aliphatic carbocycles. The van der Waals surface area contributed by atoms with Gasteiger partial charge in [-0.25, -0.2) is 10.2 Å². The largest absolute Gasteiger partial charge is 0.457 e. The van der Waals surface area contributed by atoms with Crippen LogP contribution in [0.25, 0.3) is 22.0 Å². The summed E-state index contributed by atoms with van der Waals surface area (Å²) >= 11 is 0. The minimum Gasteiger partial charge on any atom is -0.457 e. The maximum atomic E-state index is 13.3. The Bertz CT molecular complexity index is 1580. The van der Waals surface area contributed by atoms with Crippen LogP contribution in [-0.4, -0.2) is 23.1 Å². The number of rotatable bonds is 6. The lowest BCUT2D eigenvalue weighted by Crippen LogP contribution is -2.19. The molecule has 0 unspecified atom stereocenters. The number of furan rings is 1. The Morgan fingerprint density at radius 2 is 1.75 bits per heavy atom. The maximum Gasteiger partial charge on any atom is 0.379 e. The van der Waals surface area contributed by atoms with Crippen molar-refractivity contribution >= 4 is 29.0 Å². The zero-order valence-corrected chi connectivity index (χ0v) is 19.7. The fourth-order valence-corrected chi connectivity index (χ4v) is 4.17.